The summed E-state index contributed by atoms with van der Waals surface area (Å²) in [7, 11) is 4.40. The average molecular weight is 209 g/mol. The van der Waals surface area contributed by atoms with Gasteiger partial charge in [-0.1, -0.05) is 0 Å². The standard InChI is InChI=1S/CH2AsO2.Fe.S/c2-1(3)4;;/h2H,(H,3,4);;/q-1;+1;. The third-order valence-corrected chi connectivity index (χ3v) is 3.94. The van der Waals surface area contributed by atoms with Gasteiger partial charge < -0.3 is 0 Å². The summed E-state index contributed by atoms with van der Waals surface area (Å²) in [5.74, 6) is 0. The number of carbonyl (C=O) groups is 1. The first-order valence-electron chi connectivity index (χ1n) is 0.999. The van der Waals surface area contributed by atoms with E-state index < -0.39 is 18.6 Å². The quantitative estimate of drug-likeness (QED) is 0.660. The van der Waals surface area contributed by atoms with Crippen molar-refractivity contribution in [2.24, 2.45) is 0 Å². The fraction of sp³-hybridized carbons (Fsp3) is 0. The zero-order valence-electron chi connectivity index (χ0n) is 2.62. The molecule has 0 rings (SSSR count). The van der Waals surface area contributed by atoms with Gasteiger partial charge in [-0.15, -0.1) is 0 Å². The van der Waals surface area contributed by atoms with Crippen molar-refractivity contribution in [3.8, 4) is 0 Å². The Bertz CT molecular complexity index is 73.9. The fourth-order valence-electron chi connectivity index (χ4n) is 0.0309. The molecular formula is CH2AsFeO2S. The molecule has 0 heterocycles. The normalized spacial score (nSPS) is 10.0. The SMILES string of the molecule is O=C(O)[AsH][Fe]=[S]. The van der Waals surface area contributed by atoms with E-state index in [0.29, 0.717) is 11.3 Å². The Labute approximate surface area is 50.4 Å². The molecule has 6 heavy (non-hydrogen) atoms. The van der Waals surface area contributed by atoms with Gasteiger partial charge in [-0.2, -0.15) is 0 Å². The van der Waals surface area contributed by atoms with E-state index in [9.17, 15) is 4.79 Å². The van der Waals surface area contributed by atoms with Crippen molar-refractivity contribution in [3.63, 3.8) is 0 Å². The Hall–Kier alpha value is 0.768. The van der Waals surface area contributed by atoms with Crippen LogP contribution in [0.5, 0.6) is 0 Å². The van der Waals surface area contributed by atoms with Gasteiger partial charge in [-0.05, 0) is 0 Å². The second-order valence-electron chi connectivity index (χ2n) is 0.466. The fourth-order valence-corrected chi connectivity index (χ4v) is 1.98. The zero-order valence-corrected chi connectivity index (χ0v) is 6.64. The topological polar surface area (TPSA) is 37.3 Å². The van der Waals surface area contributed by atoms with Crippen molar-refractivity contribution >= 4 is 29.2 Å². The van der Waals surface area contributed by atoms with E-state index in [1.54, 1.807) is 0 Å². The van der Waals surface area contributed by atoms with Gasteiger partial charge in [0.05, 0.1) is 0 Å². The summed E-state index contributed by atoms with van der Waals surface area (Å²) in [4.78, 5) is 9.59. The minimum atomic E-state index is -0.810. The van der Waals surface area contributed by atoms with Crippen LogP contribution in [0.25, 0.3) is 0 Å². The molecule has 0 amide bonds. The molecular weight excluding hydrogens is 207 g/mol. The van der Waals surface area contributed by atoms with Crippen LogP contribution in [0.2, 0.25) is 0 Å². The van der Waals surface area contributed by atoms with E-state index in [4.69, 9.17) is 5.11 Å². The molecule has 0 spiro atoms. The van der Waals surface area contributed by atoms with Crippen LogP contribution in [0.4, 0.5) is 4.79 Å². The van der Waals surface area contributed by atoms with E-state index in [0.717, 1.165) is 0 Å². The van der Waals surface area contributed by atoms with E-state index in [2.05, 4.69) is 10.6 Å². The molecule has 2 nitrogen and oxygen atoms in total. The Morgan fingerprint density at radius 3 is 2.50 bits per heavy atom. The predicted octanol–water partition coefficient (Wildman–Crippen LogP) is 0.211. The van der Waals surface area contributed by atoms with Crippen LogP contribution in [0.15, 0.2) is 0 Å². The predicted molar refractivity (Wildman–Crippen MR) is 22.8 cm³/mol. The van der Waals surface area contributed by atoms with Crippen molar-refractivity contribution in [1.29, 1.82) is 0 Å². The van der Waals surface area contributed by atoms with Gasteiger partial charge in [-0.25, -0.2) is 0 Å². The summed E-state index contributed by atoms with van der Waals surface area (Å²) in [5, 5.41) is 7.90. The summed E-state index contributed by atoms with van der Waals surface area (Å²) in [6.07, 6.45) is 0. The molecule has 0 aliphatic carbocycles. The summed E-state index contributed by atoms with van der Waals surface area (Å²) < 4.78 is -0.690. The van der Waals surface area contributed by atoms with Gasteiger partial charge in [0.15, 0.2) is 0 Å². The first-order chi connectivity index (χ1) is 2.77. The molecule has 0 aromatic heterocycles. The van der Waals surface area contributed by atoms with Gasteiger partial charge in [0.2, 0.25) is 0 Å². The summed E-state index contributed by atoms with van der Waals surface area (Å²) in [6, 6.07) is 0. The van der Waals surface area contributed by atoms with Gasteiger partial charge in [0, 0.05) is 0 Å². The summed E-state index contributed by atoms with van der Waals surface area (Å²) in [5.41, 5.74) is 0. The van der Waals surface area contributed by atoms with Crippen molar-refractivity contribution < 1.29 is 21.2 Å². The summed E-state index contributed by atoms with van der Waals surface area (Å²) >= 11 is -0.370. The van der Waals surface area contributed by atoms with Crippen LogP contribution >= 0.6 is 10.6 Å². The molecule has 0 aliphatic heterocycles. The molecule has 1 atom stereocenters. The van der Waals surface area contributed by atoms with Gasteiger partial charge >= 0.3 is 50.4 Å². The van der Waals surface area contributed by atoms with E-state index in [-0.39, 0.29) is 0 Å². The molecule has 0 aliphatic rings. The third kappa shape index (κ3) is 4.77. The number of hydrogen-bond acceptors (Lipinski definition) is 2. The second-order valence-corrected chi connectivity index (χ2v) is 7.73. The molecule has 0 saturated carbocycles. The van der Waals surface area contributed by atoms with Crippen LogP contribution in [0.1, 0.15) is 0 Å². The van der Waals surface area contributed by atoms with Crippen molar-refractivity contribution in [2.75, 3.05) is 0 Å². The van der Waals surface area contributed by atoms with E-state index >= 15 is 0 Å². The minimum absolute atomic E-state index is 0.440. The monoisotopic (exact) mass is 209 g/mol. The molecule has 0 saturated heterocycles. The van der Waals surface area contributed by atoms with E-state index in [1.807, 2.05) is 0 Å². The van der Waals surface area contributed by atoms with Crippen LogP contribution in [0.3, 0.4) is 0 Å². The molecule has 0 bridgehead atoms. The molecule has 1 unspecified atom stereocenters. The molecule has 0 radical (unpaired) electrons. The zero-order chi connectivity index (χ0) is 4.99. The van der Waals surface area contributed by atoms with Crippen LogP contribution < -0.4 is 0 Å². The Morgan fingerprint density at radius 2 is 2.50 bits per heavy atom. The first-order valence-corrected chi connectivity index (χ1v) is 7.30. The van der Waals surface area contributed by atoms with Crippen molar-refractivity contribution in [3.05, 3.63) is 0 Å². The Morgan fingerprint density at radius 1 is 2.00 bits per heavy atom. The van der Waals surface area contributed by atoms with Crippen LogP contribution in [-0.4, -0.2) is 23.7 Å². The molecule has 0 aromatic rings. The maximum absolute atomic E-state index is 9.59. The average Bonchev–Trinajstić information content (AvgIpc) is 1.35. The molecule has 0 aromatic carbocycles. The maximum atomic E-state index is 9.59. The molecule has 0 fully saturated rings. The Balaban J connectivity index is 3.05. The van der Waals surface area contributed by atoms with Gasteiger partial charge in [-0.3, -0.25) is 0 Å². The number of rotatable bonds is 2. The molecule has 5 heteroatoms. The summed E-state index contributed by atoms with van der Waals surface area (Å²) in [6.45, 7) is 0. The van der Waals surface area contributed by atoms with Gasteiger partial charge in [0.1, 0.15) is 0 Å². The van der Waals surface area contributed by atoms with Crippen molar-refractivity contribution in [2.45, 2.75) is 0 Å². The first kappa shape index (κ1) is 6.77. The van der Waals surface area contributed by atoms with Crippen LogP contribution in [-0.2, 0) is 11.3 Å². The molecule has 37 valence electrons. The second kappa shape index (κ2) is 3.94. The van der Waals surface area contributed by atoms with Crippen LogP contribution in [0, 0.1) is 0 Å². The van der Waals surface area contributed by atoms with Crippen molar-refractivity contribution in [1.82, 2.24) is 0 Å². The van der Waals surface area contributed by atoms with Gasteiger partial charge in [0.25, 0.3) is 0 Å². The number of carboxylic acid groups (broad SMARTS) is 1. The molecule has 1 N–H and O–H groups in total. The van der Waals surface area contributed by atoms with E-state index in [1.165, 1.54) is 0 Å². The third-order valence-electron chi connectivity index (χ3n) is 0.112. The Kier molecular flexibility index (Phi) is 4.45. The number of hydrogen-bond donors (Lipinski definition) is 1.